The highest BCUT2D eigenvalue weighted by atomic mass is 15.3. The Hall–Kier alpha value is -1.16. The Kier molecular flexibility index (Phi) is 3.39. The molecule has 0 spiro atoms. The van der Waals surface area contributed by atoms with Crippen molar-refractivity contribution in [3.63, 3.8) is 0 Å². The van der Waals surface area contributed by atoms with E-state index in [2.05, 4.69) is 28.9 Å². The molecular formula is C12H20N4. The number of nitrogens with two attached hydrogens (primary N) is 1. The molecule has 0 amide bonds. The van der Waals surface area contributed by atoms with Crippen LogP contribution < -0.4 is 10.6 Å². The van der Waals surface area contributed by atoms with Crippen LogP contribution in [-0.2, 0) is 6.54 Å². The molecule has 2 N–H and O–H groups in total. The van der Waals surface area contributed by atoms with Gasteiger partial charge in [0.1, 0.15) is 0 Å². The van der Waals surface area contributed by atoms with E-state index < -0.39 is 0 Å². The van der Waals surface area contributed by atoms with Gasteiger partial charge < -0.3 is 10.6 Å². The van der Waals surface area contributed by atoms with Gasteiger partial charge in [0, 0.05) is 24.7 Å². The summed E-state index contributed by atoms with van der Waals surface area (Å²) >= 11 is 0. The van der Waals surface area contributed by atoms with Crippen LogP contribution >= 0.6 is 0 Å². The van der Waals surface area contributed by atoms with Gasteiger partial charge in [0.2, 0.25) is 0 Å². The van der Waals surface area contributed by atoms with Gasteiger partial charge >= 0.3 is 0 Å². The molecule has 4 heteroatoms. The molecule has 16 heavy (non-hydrogen) atoms. The molecule has 2 rings (SSSR count). The molecule has 2 heterocycles. The summed E-state index contributed by atoms with van der Waals surface area (Å²) in [6, 6.07) is 2.51. The van der Waals surface area contributed by atoms with Gasteiger partial charge in [-0.05, 0) is 31.7 Å². The van der Waals surface area contributed by atoms with Crippen molar-refractivity contribution in [2.75, 3.05) is 11.4 Å². The van der Waals surface area contributed by atoms with Gasteiger partial charge in [0.25, 0.3) is 0 Å². The van der Waals surface area contributed by atoms with Crippen molar-refractivity contribution in [1.29, 1.82) is 0 Å². The molecule has 1 aromatic heterocycles. The SMILES string of the molecule is CC1CCC(C)N(c2nnccc2CN)C1. The molecule has 0 radical (unpaired) electrons. The lowest BCUT2D eigenvalue weighted by Crippen LogP contribution is -2.42. The first-order chi connectivity index (χ1) is 7.72. The highest BCUT2D eigenvalue weighted by Gasteiger charge is 2.25. The Bertz CT molecular complexity index is 353. The van der Waals surface area contributed by atoms with E-state index in [0.717, 1.165) is 23.8 Å². The molecule has 1 fully saturated rings. The number of hydrogen-bond donors (Lipinski definition) is 1. The van der Waals surface area contributed by atoms with Crippen molar-refractivity contribution in [3.8, 4) is 0 Å². The van der Waals surface area contributed by atoms with E-state index >= 15 is 0 Å². The minimum atomic E-state index is 0.530. The van der Waals surface area contributed by atoms with Gasteiger partial charge in [0.05, 0.1) is 6.20 Å². The maximum atomic E-state index is 5.74. The van der Waals surface area contributed by atoms with E-state index in [0.29, 0.717) is 12.6 Å². The van der Waals surface area contributed by atoms with Crippen molar-refractivity contribution in [3.05, 3.63) is 17.8 Å². The Morgan fingerprint density at radius 3 is 3.00 bits per heavy atom. The van der Waals surface area contributed by atoms with E-state index in [9.17, 15) is 0 Å². The van der Waals surface area contributed by atoms with Crippen LogP contribution in [0.3, 0.4) is 0 Å². The number of anilines is 1. The second-order valence-corrected chi connectivity index (χ2v) is 4.77. The van der Waals surface area contributed by atoms with Crippen LogP contribution in [0.5, 0.6) is 0 Å². The van der Waals surface area contributed by atoms with E-state index in [1.165, 1.54) is 12.8 Å². The normalized spacial score (nSPS) is 25.8. The third-order valence-electron chi connectivity index (χ3n) is 3.39. The Morgan fingerprint density at radius 1 is 1.44 bits per heavy atom. The zero-order valence-electron chi connectivity index (χ0n) is 10.1. The second kappa shape index (κ2) is 4.78. The molecule has 1 saturated heterocycles. The van der Waals surface area contributed by atoms with Crippen LogP contribution in [-0.4, -0.2) is 22.8 Å². The third-order valence-corrected chi connectivity index (χ3v) is 3.39. The van der Waals surface area contributed by atoms with E-state index in [1.54, 1.807) is 6.20 Å². The average Bonchev–Trinajstić information content (AvgIpc) is 2.32. The van der Waals surface area contributed by atoms with Crippen molar-refractivity contribution in [2.45, 2.75) is 39.3 Å². The van der Waals surface area contributed by atoms with Crippen LogP contribution in [0.25, 0.3) is 0 Å². The number of rotatable bonds is 2. The number of aromatic nitrogens is 2. The Balaban J connectivity index is 2.27. The molecule has 0 saturated carbocycles. The Labute approximate surface area is 96.9 Å². The number of piperidine rings is 1. The van der Waals surface area contributed by atoms with E-state index in [1.807, 2.05) is 6.07 Å². The number of nitrogens with zero attached hydrogens (tertiary/aromatic N) is 3. The predicted molar refractivity (Wildman–Crippen MR) is 65.1 cm³/mol. The molecule has 2 unspecified atom stereocenters. The topological polar surface area (TPSA) is 55.0 Å². The lowest BCUT2D eigenvalue weighted by molar-refractivity contribution is 0.386. The second-order valence-electron chi connectivity index (χ2n) is 4.77. The molecule has 0 bridgehead atoms. The minimum Gasteiger partial charge on any atom is -0.352 e. The fourth-order valence-electron chi connectivity index (χ4n) is 2.34. The fraction of sp³-hybridized carbons (Fsp3) is 0.667. The van der Waals surface area contributed by atoms with Gasteiger partial charge in [-0.25, -0.2) is 0 Å². The first kappa shape index (κ1) is 11.3. The summed E-state index contributed by atoms with van der Waals surface area (Å²) in [6.07, 6.45) is 4.24. The van der Waals surface area contributed by atoms with E-state index in [4.69, 9.17) is 5.73 Å². The molecule has 4 nitrogen and oxygen atoms in total. The van der Waals surface area contributed by atoms with Gasteiger partial charge in [-0.3, -0.25) is 0 Å². The smallest absolute Gasteiger partial charge is 0.156 e. The van der Waals surface area contributed by atoms with Crippen LogP contribution in [0.15, 0.2) is 12.3 Å². The molecular weight excluding hydrogens is 200 g/mol. The van der Waals surface area contributed by atoms with Crippen molar-refractivity contribution >= 4 is 5.82 Å². The zero-order chi connectivity index (χ0) is 11.5. The van der Waals surface area contributed by atoms with Gasteiger partial charge in [0.15, 0.2) is 5.82 Å². The summed E-state index contributed by atoms with van der Waals surface area (Å²) < 4.78 is 0. The maximum Gasteiger partial charge on any atom is 0.156 e. The van der Waals surface area contributed by atoms with Gasteiger partial charge in [-0.15, -0.1) is 5.10 Å². The summed E-state index contributed by atoms with van der Waals surface area (Å²) in [5, 5.41) is 8.23. The van der Waals surface area contributed by atoms with Crippen molar-refractivity contribution in [1.82, 2.24) is 10.2 Å². The lowest BCUT2D eigenvalue weighted by Gasteiger charge is -2.38. The molecule has 2 atom stereocenters. The first-order valence-corrected chi connectivity index (χ1v) is 5.99. The highest BCUT2D eigenvalue weighted by molar-refractivity contribution is 5.46. The summed E-state index contributed by atoms with van der Waals surface area (Å²) in [6.45, 7) is 6.13. The van der Waals surface area contributed by atoms with E-state index in [-0.39, 0.29) is 0 Å². The van der Waals surface area contributed by atoms with Crippen LogP contribution in [0.1, 0.15) is 32.3 Å². The largest absolute Gasteiger partial charge is 0.352 e. The monoisotopic (exact) mass is 220 g/mol. The Morgan fingerprint density at radius 2 is 2.25 bits per heavy atom. The third kappa shape index (κ3) is 2.16. The molecule has 88 valence electrons. The molecule has 0 aliphatic carbocycles. The standard InChI is InChI=1S/C12H20N4/c1-9-3-4-10(2)16(8-9)12-11(7-13)5-6-14-15-12/h5-6,9-10H,3-4,7-8,13H2,1-2H3. The summed E-state index contributed by atoms with van der Waals surface area (Å²) in [5.74, 6) is 1.70. The van der Waals surface area contributed by atoms with Gasteiger partial charge in [-0.1, -0.05) is 6.92 Å². The molecule has 0 aromatic carbocycles. The number of hydrogen-bond acceptors (Lipinski definition) is 4. The lowest BCUT2D eigenvalue weighted by atomic mass is 9.95. The predicted octanol–water partition coefficient (Wildman–Crippen LogP) is 1.56. The quantitative estimate of drug-likeness (QED) is 0.821. The highest BCUT2D eigenvalue weighted by Crippen LogP contribution is 2.27. The summed E-state index contributed by atoms with van der Waals surface area (Å²) in [5.41, 5.74) is 6.84. The summed E-state index contributed by atoms with van der Waals surface area (Å²) in [4.78, 5) is 2.35. The average molecular weight is 220 g/mol. The first-order valence-electron chi connectivity index (χ1n) is 5.99. The van der Waals surface area contributed by atoms with Crippen LogP contribution in [0.4, 0.5) is 5.82 Å². The van der Waals surface area contributed by atoms with Crippen LogP contribution in [0.2, 0.25) is 0 Å². The maximum absolute atomic E-state index is 5.74. The molecule has 1 aliphatic heterocycles. The zero-order valence-corrected chi connectivity index (χ0v) is 10.1. The molecule has 1 aliphatic rings. The van der Waals surface area contributed by atoms with Crippen LogP contribution in [0, 0.1) is 5.92 Å². The minimum absolute atomic E-state index is 0.530. The van der Waals surface area contributed by atoms with Crippen molar-refractivity contribution in [2.24, 2.45) is 11.7 Å². The summed E-state index contributed by atoms with van der Waals surface area (Å²) in [7, 11) is 0. The van der Waals surface area contributed by atoms with Crippen molar-refractivity contribution < 1.29 is 0 Å². The molecule has 1 aromatic rings. The fourth-order valence-corrected chi connectivity index (χ4v) is 2.34. The van der Waals surface area contributed by atoms with Gasteiger partial charge in [-0.2, -0.15) is 5.10 Å².